The highest BCUT2D eigenvalue weighted by atomic mass is 32.2. The molecule has 0 unspecified atom stereocenters. The van der Waals surface area contributed by atoms with E-state index >= 15 is 0 Å². The molecule has 7 heteroatoms. The van der Waals surface area contributed by atoms with Crippen LogP contribution in [0.1, 0.15) is 13.3 Å². The lowest BCUT2D eigenvalue weighted by atomic mass is 10.4. The summed E-state index contributed by atoms with van der Waals surface area (Å²) in [7, 11) is -2.17. The van der Waals surface area contributed by atoms with Gasteiger partial charge in [-0.15, -0.1) is 0 Å². The zero-order chi connectivity index (χ0) is 15.3. The lowest BCUT2D eigenvalue weighted by Crippen LogP contribution is -2.27. The number of hydrogen-bond donors (Lipinski definition) is 1. The molecule has 2 rings (SSSR count). The van der Waals surface area contributed by atoms with Gasteiger partial charge in [0.25, 0.3) is 10.0 Å². The smallest absolute Gasteiger partial charge is 0.265 e. The summed E-state index contributed by atoms with van der Waals surface area (Å²) in [5.74, 6) is 0.921. The van der Waals surface area contributed by atoms with E-state index in [1.165, 1.54) is 25.4 Å². The zero-order valence-electron chi connectivity index (χ0n) is 12.0. The van der Waals surface area contributed by atoms with Crippen LogP contribution in [0, 0.1) is 0 Å². The van der Waals surface area contributed by atoms with Crippen molar-refractivity contribution in [2.45, 2.75) is 18.2 Å². The molecule has 2 aromatic rings. The predicted octanol–water partition coefficient (Wildman–Crippen LogP) is 2.12. The topological polar surface area (TPSA) is 75.2 Å². The molecule has 0 saturated carbocycles. The maximum atomic E-state index is 12.6. The Morgan fingerprint density at radius 3 is 2.67 bits per heavy atom. The molecule has 0 amide bonds. The number of pyridine rings is 2. The molecule has 0 aliphatic heterocycles. The van der Waals surface area contributed by atoms with Crippen LogP contribution < -0.4 is 9.62 Å². The summed E-state index contributed by atoms with van der Waals surface area (Å²) < 4.78 is 26.3. The van der Waals surface area contributed by atoms with Crippen molar-refractivity contribution >= 4 is 21.7 Å². The van der Waals surface area contributed by atoms with Crippen LogP contribution in [0.15, 0.2) is 47.6 Å². The van der Waals surface area contributed by atoms with E-state index in [0.29, 0.717) is 11.6 Å². The number of rotatable bonds is 6. The van der Waals surface area contributed by atoms with Gasteiger partial charge >= 0.3 is 0 Å². The average Bonchev–Trinajstić information content (AvgIpc) is 2.53. The highest BCUT2D eigenvalue weighted by molar-refractivity contribution is 7.92. The van der Waals surface area contributed by atoms with Gasteiger partial charge in [0, 0.05) is 32.1 Å². The molecule has 0 saturated heterocycles. The Balaban J connectivity index is 2.31. The average molecular weight is 306 g/mol. The SMILES string of the molecule is CCCNc1cc(S(=O)(=O)N(C)c2ccccn2)ccn1. The number of nitrogens with one attached hydrogen (secondary N) is 1. The van der Waals surface area contributed by atoms with Crippen molar-refractivity contribution in [3.8, 4) is 0 Å². The fraction of sp³-hybridized carbons (Fsp3) is 0.286. The van der Waals surface area contributed by atoms with E-state index in [0.717, 1.165) is 17.3 Å². The van der Waals surface area contributed by atoms with Crippen LogP contribution >= 0.6 is 0 Å². The van der Waals surface area contributed by atoms with Crippen molar-refractivity contribution in [2.75, 3.05) is 23.2 Å². The molecule has 0 fully saturated rings. The summed E-state index contributed by atoms with van der Waals surface area (Å²) in [5, 5.41) is 3.08. The van der Waals surface area contributed by atoms with Crippen LogP contribution in [0.5, 0.6) is 0 Å². The first-order valence-electron chi connectivity index (χ1n) is 6.65. The molecule has 0 radical (unpaired) electrons. The van der Waals surface area contributed by atoms with Crippen LogP contribution in [-0.2, 0) is 10.0 Å². The van der Waals surface area contributed by atoms with Gasteiger partial charge in [-0.3, -0.25) is 4.31 Å². The fourth-order valence-corrected chi connectivity index (χ4v) is 2.91. The van der Waals surface area contributed by atoms with Crippen molar-refractivity contribution in [1.82, 2.24) is 9.97 Å². The quantitative estimate of drug-likeness (QED) is 0.885. The number of nitrogens with zero attached hydrogens (tertiary/aromatic N) is 3. The van der Waals surface area contributed by atoms with E-state index in [4.69, 9.17) is 0 Å². The Labute approximate surface area is 124 Å². The number of anilines is 2. The normalized spacial score (nSPS) is 11.1. The molecule has 0 spiro atoms. The maximum absolute atomic E-state index is 12.6. The fourth-order valence-electron chi connectivity index (χ4n) is 1.74. The summed E-state index contributed by atoms with van der Waals surface area (Å²) in [4.78, 5) is 8.36. The van der Waals surface area contributed by atoms with Crippen molar-refractivity contribution in [3.05, 3.63) is 42.7 Å². The molecule has 0 aliphatic rings. The molecule has 0 aliphatic carbocycles. The van der Waals surface area contributed by atoms with Gasteiger partial charge in [-0.25, -0.2) is 18.4 Å². The largest absolute Gasteiger partial charge is 0.370 e. The van der Waals surface area contributed by atoms with Crippen LogP contribution in [0.2, 0.25) is 0 Å². The van der Waals surface area contributed by atoms with Gasteiger partial charge in [0.05, 0.1) is 4.90 Å². The molecule has 0 atom stereocenters. The van der Waals surface area contributed by atoms with Crippen molar-refractivity contribution in [2.24, 2.45) is 0 Å². The van der Waals surface area contributed by atoms with Crippen LogP contribution in [-0.4, -0.2) is 32.0 Å². The molecule has 2 aromatic heterocycles. The van der Waals surface area contributed by atoms with Gasteiger partial charge < -0.3 is 5.32 Å². The molecule has 0 bridgehead atoms. The van der Waals surface area contributed by atoms with E-state index in [-0.39, 0.29) is 4.90 Å². The highest BCUT2D eigenvalue weighted by Gasteiger charge is 2.22. The van der Waals surface area contributed by atoms with Gasteiger partial charge in [0.15, 0.2) is 0 Å². The first-order valence-corrected chi connectivity index (χ1v) is 8.09. The number of sulfonamides is 1. The Hall–Kier alpha value is -2.15. The van der Waals surface area contributed by atoms with Crippen LogP contribution in [0.4, 0.5) is 11.6 Å². The van der Waals surface area contributed by atoms with Gasteiger partial charge in [-0.1, -0.05) is 13.0 Å². The summed E-state index contributed by atoms with van der Waals surface area (Å²) in [5.41, 5.74) is 0. The van der Waals surface area contributed by atoms with Gasteiger partial charge in [0.1, 0.15) is 11.6 Å². The van der Waals surface area contributed by atoms with E-state index in [1.807, 2.05) is 6.92 Å². The third kappa shape index (κ3) is 3.49. The summed E-state index contributed by atoms with van der Waals surface area (Å²) in [6.07, 6.45) is 3.98. The third-order valence-electron chi connectivity index (χ3n) is 2.92. The lowest BCUT2D eigenvalue weighted by molar-refractivity contribution is 0.594. The van der Waals surface area contributed by atoms with Crippen molar-refractivity contribution < 1.29 is 8.42 Å². The van der Waals surface area contributed by atoms with Crippen LogP contribution in [0.25, 0.3) is 0 Å². The van der Waals surface area contributed by atoms with Gasteiger partial charge in [-0.2, -0.15) is 0 Å². The Bertz CT molecular complexity index is 689. The van der Waals surface area contributed by atoms with Crippen molar-refractivity contribution in [3.63, 3.8) is 0 Å². The molecule has 21 heavy (non-hydrogen) atoms. The predicted molar refractivity (Wildman–Crippen MR) is 82.8 cm³/mol. The summed E-state index contributed by atoms with van der Waals surface area (Å²) >= 11 is 0. The second kappa shape index (κ2) is 6.53. The summed E-state index contributed by atoms with van der Waals surface area (Å²) in [6, 6.07) is 8.14. The van der Waals surface area contributed by atoms with Crippen LogP contribution in [0.3, 0.4) is 0 Å². The highest BCUT2D eigenvalue weighted by Crippen LogP contribution is 2.21. The standard InChI is InChI=1S/C14H18N4O2S/c1-3-8-15-13-11-12(7-10-16-13)21(19,20)18(2)14-6-4-5-9-17-14/h4-7,9-11H,3,8H2,1-2H3,(H,15,16). The van der Waals surface area contributed by atoms with Crippen molar-refractivity contribution in [1.29, 1.82) is 0 Å². The minimum absolute atomic E-state index is 0.184. The van der Waals surface area contributed by atoms with Gasteiger partial charge in [-0.05, 0) is 24.6 Å². The van der Waals surface area contributed by atoms with E-state index in [9.17, 15) is 8.42 Å². The van der Waals surface area contributed by atoms with Gasteiger partial charge in [0.2, 0.25) is 0 Å². The molecule has 1 N–H and O–H groups in total. The maximum Gasteiger partial charge on any atom is 0.265 e. The first kappa shape index (κ1) is 15.2. The molecule has 6 nitrogen and oxygen atoms in total. The number of aromatic nitrogens is 2. The Kier molecular flexibility index (Phi) is 4.74. The molecular weight excluding hydrogens is 288 g/mol. The Morgan fingerprint density at radius 1 is 1.19 bits per heavy atom. The van der Waals surface area contributed by atoms with E-state index < -0.39 is 10.0 Å². The lowest BCUT2D eigenvalue weighted by Gasteiger charge is -2.18. The Morgan fingerprint density at radius 2 is 2.00 bits per heavy atom. The molecule has 0 aromatic carbocycles. The monoisotopic (exact) mass is 306 g/mol. The second-order valence-corrected chi connectivity index (χ2v) is 6.43. The first-order chi connectivity index (χ1) is 10.1. The van der Waals surface area contributed by atoms with E-state index in [1.54, 1.807) is 24.4 Å². The molecule has 2 heterocycles. The third-order valence-corrected chi connectivity index (χ3v) is 4.68. The van der Waals surface area contributed by atoms with E-state index in [2.05, 4.69) is 15.3 Å². The zero-order valence-corrected chi connectivity index (χ0v) is 12.8. The minimum Gasteiger partial charge on any atom is -0.370 e. The number of hydrogen-bond acceptors (Lipinski definition) is 5. The molecular formula is C14H18N4O2S. The summed E-state index contributed by atoms with van der Waals surface area (Å²) in [6.45, 7) is 2.77. The second-order valence-electron chi connectivity index (χ2n) is 4.46. The molecule has 112 valence electrons. The minimum atomic E-state index is -3.65.